The highest BCUT2D eigenvalue weighted by Gasteiger charge is 2.33. The molecule has 9 heteroatoms. The molecule has 1 aliphatic rings. The standard InChI is InChI=1S/C28H31N3O6/c1-3-36-28(34)21-12-8-14-31(18-21)27(33)24(15-19-9-5-4-6-10-19)29-26(32)23-17-25(37-30-23)20-11-7-13-22(16-20)35-2/h4-7,9-11,13,16-17,21,24H,3,8,12,14-15,18H2,1-2H3,(H,29,32). The first-order valence-electron chi connectivity index (χ1n) is 12.4. The molecular formula is C28H31N3O6. The number of aromatic nitrogens is 1. The molecule has 37 heavy (non-hydrogen) atoms. The van der Waals surface area contributed by atoms with Crippen molar-refractivity contribution in [2.45, 2.75) is 32.2 Å². The molecule has 3 aromatic rings. The van der Waals surface area contributed by atoms with Crippen LogP contribution in [0.5, 0.6) is 5.75 Å². The smallest absolute Gasteiger partial charge is 0.310 e. The second-order valence-corrected chi connectivity index (χ2v) is 8.90. The fraction of sp³-hybridized carbons (Fsp3) is 0.357. The highest BCUT2D eigenvalue weighted by atomic mass is 16.5. The molecule has 0 radical (unpaired) electrons. The zero-order valence-corrected chi connectivity index (χ0v) is 21.0. The van der Waals surface area contributed by atoms with Gasteiger partial charge >= 0.3 is 5.97 Å². The summed E-state index contributed by atoms with van der Waals surface area (Å²) in [6.45, 7) is 2.84. The molecule has 0 aliphatic carbocycles. The number of rotatable bonds is 9. The van der Waals surface area contributed by atoms with Crippen LogP contribution in [0.15, 0.2) is 65.2 Å². The highest BCUT2D eigenvalue weighted by molar-refractivity contribution is 5.97. The van der Waals surface area contributed by atoms with Crippen molar-refractivity contribution in [3.8, 4) is 17.1 Å². The Kier molecular flexibility index (Phi) is 8.56. The average molecular weight is 506 g/mol. The van der Waals surface area contributed by atoms with Gasteiger partial charge in [-0.05, 0) is 37.5 Å². The molecule has 4 rings (SSSR count). The normalized spacial score (nSPS) is 16.1. The van der Waals surface area contributed by atoms with Crippen LogP contribution in [0.4, 0.5) is 0 Å². The number of ether oxygens (including phenoxy) is 2. The van der Waals surface area contributed by atoms with Crippen molar-refractivity contribution in [2.24, 2.45) is 5.92 Å². The molecule has 1 fully saturated rings. The number of benzene rings is 2. The summed E-state index contributed by atoms with van der Waals surface area (Å²) >= 11 is 0. The van der Waals surface area contributed by atoms with Crippen LogP contribution < -0.4 is 10.1 Å². The second-order valence-electron chi connectivity index (χ2n) is 8.90. The lowest BCUT2D eigenvalue weighted by molar-refractivity contribution is -0.151. The van der Waals surface area contributed by atoms with Crippen molar-refractivity contribution >= 4 is 17.8 Å². The number of hydrogen-bond acceptors (Lipinski definition) is 7. The zero-order valence-electron chi connectivity index (χ0n) is 21.0. The van der Waals surface area contributed by atoms with Gasteiger partial charge in [0.05, 0.1) is 19.6 Å². The Hall–Kier alpha value is -4.14. The van der Waals surface area contributed by atoms with Crippen molar-refractivity contribution in [1.29, 1.82) is 0 Å². The Morgan fingerprint density at radius 2 is 1.95 bits per heavy atom. The molecule has 1 aliphatic heterocycles. The van der Waals surface area contributed by atoms with Crippen LogP contribution in [0.25, 0.3) is 11.3 Å². The fourth-order valence-corrected chi connectivity index (χ4v) is 4.43. The summed E-state index contributed by atoms with van der Waals surface area (Å²) in [5.74, 6) is -0.378. The number of hydrogen-bond donors (Lipinski definition) is 1. The maximum Gasteiger partial charge on any atom is 0.310 e. The minimum Gasteiger partial charge on any atom is -0.497 e. The molecular weight excluding hydrogens is 474 g/mol. The SMILES string of the molecule is CCOC(=O)C1CCCN(C(=O)C(Cc2ccccc2)NC(=O)c2cc(-c3cccc(OC)c3)on2)C1. The van der Waals surface area contributed by atoms with E-state index in [-0.39, 0.29) is 30.0 Å². The fourth-order valence-electron chi connectivity index (χ4n) is 4.43. The number of piperidine rings is 1. The van der Waals surface area contributed by atoms with E-state index in [0.717, 1.165) is 5.56 Å². The second kappa shape index (κ2) is 12.2. The Balaban J connectivity index is 1.51. The third-order valence-electron chi connectivity index (χ3n) is 6.34. The Bertz CT molecular complexity index is 1230. The maximum absolute atomic E-state index is 13.6. The number of likely N-dealkylation sites (tertiary alicyclic amines) is 1. The van der Waals surface area contributed by atoms with E-state index in [1.54, 1.807) is 31.1 Å². The first-order chi connectivity index (χ1) is 18.0. The zero-order chi connectivity index (χ0) is 26.2. The summed E-state index contributed by atoms with van der Waals surface area (Å²) in [6, 6.07) is 17.4. The summed E-state index contributed by atoms with van der Waals surface area (Å²) in [5.41, 5.74) is 1.67. The lowest BCUT2D eigenvalue weighted by atomic mass is 9.96. The van der Waals surface area contributed by atoms with Gasteiger partial charge in [0.25, 0.3) is 5.91 Å². The first-order valence-corrected chi connectivity index (χ1v) is 12.4. The molecule has 2 unspecified atom stereocenters. The number of carbonyl (C=O) groups excluding carboxylic acids is 3. The van der Waals surface area contributed by atoms with Crippen LogP contribution in [0.1, 0.15) is 35.8 Å². The van der Waals surface area contributed by atoms with Crippen molar-refractivity contribution in [3.63, 3.8) is 0 Å². The summed E-state index contributed by atoms with van der Waals surface area (Å²) < 4.78 is 15.8. The number of esters is 1. The minimum absolute atomic E-state index is 0.0618. The van der Waals surface area contributed by atoms with Crippen LogP contribution in [-0.4, -0.2) is 60.7 Å². The van der Waals surface area contributed by atoms with Gasteiger partial charge in [0.1, 0.15) is 11.8 Å². The van der Waals surface area contributed by atoms with E-state index >= 15 is 0 Å². The van der Waals surface area contributed by atoms with Gasteiger partial charge in [-0.15, -0.1) is 0 Å². The molecule has 1 N–H and O–H groups in total. The van der Waals surface area contributed by atoms with Crippen molar-refractivity contribution < 1.29 is 28.4 Å². The number of carbonyl (C=O) groups is 3. The van der Waals surface area contributed by atoms with Gasteiger partial charge < -0.3 is 24.2 Å². The summed E-state index contributed by atoms with van der Waals surface area (Å²) in [4.78, 5) is 40.7. The van der Waals surface area contributed by atoms with Gasteiger partial charge in [-0.1, -0.05) is 47.6 Å². The maximum atomic E-state index is 13.6. The first kappa shape index (κ1) is 25.9. The van der Waals surface area contributed by atoms with E-state index in [0.29, 0.717) is 49.5 Å². The van der Waals surface area contributed by atoms with Gasteiger partial charge in [-0.2, -0.15) is 0 Å². The minimum atomic E-state index is -0.840. The Morgan fingerprint density at radius 1 is 1.14 bits per heavy atom. The predicted molar refractivity (Wildman–Crippen MR) is 136 cm³/mol. The lowest BCUT2D eigenvalue weighted by Gasteiger charge is -2.34. The average Bonchev–Trinajstić information content (AvgIpc) is 3.44. The monoisotopic (exact) mass is 505 g/mol. The van der Waals surface area contributed by atoms with Crippen LogP contribution in [-0.2, 0) is 20.7 Å². The van der Waals surface area contributed by atoms with Gasteiger partial charge in [0, 0.05) is 31.1 Å². The lowest BCUT2D eigenvalue weighted by Crippen LogP contribution is -2.53. The van der Waals surface area contributed by atoms with E-state index in [9.17, 15) is 14.4 Å². The number of amides is 2. The van der Waals surface area contributed by atoms with Gasteiger partial charge in [-0.3, -0.25) is 14.4 Å². The molecule has 2 heterocycles. The van der Waals surface area contributed by atoms with Crippen LogP contribution in [0.3, 0.4) is 0 Å². The quantitative estimate of drug-likeness (QED) is 0.443. The number of nitrogens with zero attached hydrogens (tertiary/aromatic N) is 2. The molecule has 0 saturated carbocycles. The van der Waals surface area contributed by atoms with Crippen molar-refractivity contribution in [3.05, 3.63) is 71.9 Å². The summed E-state index contributed by atoms with van der Waals surface area (Å²) in [6.07, 6.45) is 1.66. The van der Waals surface area contributed by atoms with Crippen molar-refractivity contribution in [1.82, 2.24) is 15.4 Å². The van der Waals surface area contributed by atoms with Gasteiger partial charge in [0.15, 0.2) is 11.5 Å². The molecule has 9 nitrogen and oxygen atoms in total. The molecule has 2 aromatic carbocycles. The molecule has 1 saturated heterocycles. The van der Waals surface area contributed by atoms with E-state index < -0.39 is 11.9 Å². The predicted octanol–water partition coefficient (Wildman–Crippen LogP) is 3.49. The van der Waals surface area contributed by atoms with Gasteiger partial charge in [-0.25, -0.2) is 0 Å². The number of methoxy groups -OCH3 is 1. The third-order valence-corrected chi connectivity index (χ3v) is 6.34. The summed E-state index contributed by atoms with van der Waals surface area (Å²) in [7, 11) is 1.57. The van der Waals surface area contributed by atoms with E-state index in [2.05, 4.69) is 10.5 Å². The topological polar surface area (TPSA) is 111 Å². The van der Waals surface area contributed by atoms with Crippen LogP contribution in [0, 0.1) is 5.92 Å². The van der Waals surface area contributed by atoms with E-state index in [1.165, 1.54) is 6.07 Å². The van der Waals surface area contributed by atoms with Crippen molar-refractivity contribution in [2.75, 3.05) is 26.8 Å². The number of nitrogens with one attached hydrogen (secondary N) is 1. The molecule has 2 amide bonds. The Morgan fingerprint density at radius 3 is 2.70 bits per heavy atom. The molecule has 2 atom stereocenters. The molecule has 1 aromatic heterocycles. The largest absolute Gasteiger partial charge is 0.497 e. The molecule has 0 bridgehead atoms. The van der Waals surface area contributed by atoms with Crippen LogP contribution >= 0.6 is 0 Å². The van der Waals surface area contributed by atoms with Gasteiger partial charge in [0.2, 0.25) is 5.91 Å². The molecule has 0 spiro atoms. The third kappa shape index (κ3) is 6.55. The molecule has 194 valence electrons. The van der Waals surface area contributed by atoms with E-state index in [1.807, 2.05) is 42.5 Å². The highest BCUT2D eigenvalue weighted by Crippen LogP contribution is 2.25. The van der Waals surface area contributed by atoms with Crippen LogP contribution in [0.2, 0.25) is 0 Å². The summed E-state index contributed by atoms with van der Waals surface area (Å²) in [5, 5.41) is 6.76. The Labute approximate surface area is 215 Å². The van der Waals surface area contributed by atoms with E-state index in [4.69, 9.17) is 14.0 Å².